The van der Waals surface area contributed by atoms with Gasteiger partial charge in [0.2, 0.25) is 5.82 Å². The van der Waals surface area contributed by atoms with E-state index in [0.29, 0.717) is 17.1 Å². The van der Waals surface area contributed by atoms with Gasteiger partial charge in [0.05, 0.1) is 24.8 Å². The van der Waals surface area contributed by atoms with Crippen LogP contribution >= 0.6 is 0 Å². The lowest BCUT2D eigenvalue weighted by Crippen LogP contribution is -2.13. The smallest absolute Gasteiger partial charge is 0.337 e. The largest absolute Gasteiger partial charge is 0.486 e. The molecule has 4 aromatic rings. The summed E-state index contributed by atoms with van der Waals surface area (Å²) in [6, 6.07) is 10.3. The lowest BCUT2D eigenvalue weighted by atomic mass is 10.1. The average Bonchev–Trinajstić information content (AvgIpc) is 3.57. The Morgan fingerprint density at radius 1 is 0.919 bits per heavy atom. The molecule has 2 aromatic heterocycles. The minimum Gasteiger partial charge on any atom is -0.486 e. The van der Waals surface area contributed by atoms with Crippen LogP contribution in [0.5, 0.6) is 5.75 Å². The molecule has 1 N–H and O–H groups in total. The zero-order valence-corrected chi connectivity index (χ0v) is 18.9. The van der Waals surface area contributed by atoms with Crippen LogP contribution in [0.25, 0.3) is 0 Å². The standard InChI is InChI=1S/C24H16F5N3O5/c1-35-24(34)12-2-4-13(5-3-12)36-11-14-6-7-16(37-14)23(33)30-17-8-9-32(31-17)10-15-18(25)20(27)22(29)21(28)19(15)26/h2-9H,10-11H2,1H3,(H,30,31,33). The molecular formula is C24H16F5N3O5. The molecule has 1 amide bonds. The highest BCUT2D eigenvalue weighted by Crippen LogP contribution is 2.24. The van der Waals surface area contributed by atoms with Crippen molar-refractivity contribution in [3.05, 3.63) is 100 Å². The highest BCUT2D eigenvalue weighted by molar-refractivity contribution is 6.01. The predicted octanol–water partition coefficient (Wildman–Crippen LogP) is 4.84. The molecule has 0 saturated heterocycles. The van der Waals surface area contributed by atoms with Crippen molar-refractivity contribution in [3.8, 4) is 5.75 Å². The van der Waals surface area contributed by atoms with Crippen molar-refractivity contribution in [2.24, 2.45) is 0 Å². The van der Waals surface area contributed by atoms with Gasteiger partial charge in [-0.05, 0) is 36.4 Å². The van der Waals surface area contributed by atoms with Crippen molar-refractivity contribution in [2.75, 3.05) is 12.4 Å². The zero-order chi connectivity index (χ0) is 26.7. The van der Waals surface area contributed by atoms with Crippen LogP contribution in [0.4, 0.5) is 27.8 Å². The Morgan fingerprint density at radius 3 is 2.22 bits per heavy atom. The summed E-state index contributed by atoms with van der Waals surface area (Å²) in [4.78, 5) is 23.9. The van der Waals surface area contributed by atoms with Gasteiger partial charge in [0.15, 0.2) is 34.8 Å². The van der Waals surface area contributed by atoms with Gasteiger partial charge in [-0.15, -0.1) is 0 Å². The number of methoxy groups -OCH3 is 1. The molecule has 0 unspecified atom stereocenters. The number of halogens is 5. The number of nitrogens with one attached hydrogen (secondary N) is 1. The fourth-order valence-electron chi connectivity index (χ4n) is 3.18. The van der Waals surface area contributed by atoms with Gasteiger partial charge in [-0.3, -0.25) is 9.48 Å². The highest BCUT2D eigenvalue weighted by Gasteiger charge is 2.26. The first-order valence-electron chi connectivity index (χ1n) is 10.4. The number of rotatable bonds is 8. The number of carbonyl (C=O) groups is 2. The summed E-state index contributed by atoms with van der Waals surface area (Å²) in [5, 5.41) is 6.25. The van der Waals surface area contributed by atoms with Gasteiger partial charge >= 0.3 is 5.97 Å². The molecule has 2 aromatic carbocycles. The number of hydrogen-bond acceptors (Lipinski definition) is 6. The molecule has 0 spiro atoms. The minimum atomic E-state index is -2.26. The van der Waals surface area contributed by atoms with Crippen LogP contribution in [0.3, 0.4) is 0 Å². The van der Waals surface area contributed by atoms with Gasteiger partial charge in [-0.1, -0.05) is 0 Å². The number of ether oxygens (including phenoxy) is 2. The van der Waals surface area contributed by atoms with Crippen LogP contribution in [-0.2, 0) is 17.9 Å². The third kappa shape index (κ3) is 5.44. The second kappa shape index (κ2) is 10.5. The molecule has 4 rings (SSSR count). The number of amides is 1. The number of hydrogen-bond donors (Lipinski definition) is 1. The van der Waals surface area contributed by atoms with Gasteiger partial charge < -0.3 is 19.2 Å². The molecule has 0 aliphatic carbocycles. The van der Waals surface area contributed by atoms with Gasteiger partial charge in [0.25, 0.3) is 5.91 Å². The SMILES string of the molecule is COC(=O)c1ccc(OCc2ccc(C(=O)Nc3ccn(Cc4c(F)c(F)c(F)c(F)c4F)n3)o2)cc1. The van der Waals surface area contributed by atoms with Crippen LogP contribution in [0, 0.1) is 29.1 Å². The van der Waals surface area contributed by atoms with E-state index in [-0.39, 0.29) is 18.2 Å². The minimum absolute atomic E-state index is 0.0264. The summed E-state index contributed by atoms with van der Waals surface area (Å²) >= 11 is 0. The van der Waals surface area contributed by atoms with Gasteiger partial charge in [-0.2, -0.15) is 5.10 Å². The monoisotopic (exact) mass is 521 g/mol. The fraction of sp³-hybridized carbons (Fsp3) is 0.125. The van der Waals surface area contributed by atoms with Crippen molar-refractivity contribution in [1.82, 2.24) is 9.78 Å². The topological polar surface area (TPSA) is 95.6 Å². The number of benzene rings is 2. The number of furan rings is 1. The Morgan fingerprint density at radius 2 is 1.57 bits per heavy atom. The first-order chi connectivity index (χ1) is 17.7. The first-order valence-corrected chi connectivity index (χ1v) is 10.4. The summed E-state index contributed by atoms with van der Waals surface area (Å²) in [6.07, 6.45) is 1.18. The Balaban J connectivity index is 1.36. The molecule has 37 heavy (non-hydrogen) atoms. The second-order valence-electron chi connectivity index (χ2n) is 7.47. The molecule has 0 saturated carbocycles. The number of carbonyl (C=O) groups excluding carboxylic acids is 2. The highest BCUT2D eigenvalue weighted by atomic mass is 19.2. The molecule has 0 fully saturated rings. The van der Waals surface area contributed by atoms with E-state index in [0.717, 1.165) is 4.68 Å². The second-order valence-corrected chi connectivity index (χ2v) is 7.47. The van der Waals surface area contributed by atoms with E-state index >= 15 is 0 Å². The average molecular weight is 521 g/mol. The van der Waals surface area contributed by atoms with Gasteiger partial charge in [0.1, 0.15) is 18.1 Å². The maximum absolute atomic E-state index is 13.9. The Labute approximate surface area is 205 Å². The summed E-state index contributed by atoms with van der Waals surface area (Å²) in [7, 11) is 1.27. The van der Waals surface area contributed by atoms with Crippen LogP contribution in [0.1, 0.15) is 32.2 Å². The van der Waals surface area contributed by atoms with E-state index < -0.39 is 53.1 Å². The van der Waals surface area contributed by atoms with Crippen molar-refractivity contribution in [3.63, 3.8) is 0 Å². The van der Waals surface area contributed by atoms with E-state index in [9.17, 15) is 31.5 Å². The predicted molar refractivity (Wildman–Crippen MR) is 116 cm³/mol. The third-order valence-corrected chi connectivity index (χ3v) is 5.05. The molecule has 8 nitrogen and oxygen atoms in total. The summed E-state index contributed by atoms with van der Waals surface area (Å²) < 4.78 is 84.3. The van der Waals surface area contributed by atoms with Crippen molar-refractivity contribution >= 4 is 17.7 Å². The van der Waals surface area contributed by atoms with E-state index in [1.54, 1.807) is 12.1 Å². The van der Waals surface area contributed by atoms with E-state index in [4.69, 9.17) is 9.15 Å². The van der Waals surface area contributed by atoms with E-state index in [1.807, 2.05) is 0 Å². The molecule has 0 atom stereocenters. The Hall–Kier alpha value is -4.68. The Kier molecular flexibility index (Phi) is 7.22. The van der Waals surface area contributed by atoms with Crippen LogP contribution in [0.15, 0.2) is 53.1 Å². The third-order valence-electron chi connectivity index (χ3n) is 5.05. The van der Waals surface area contributed by atoms with E-state index in [1.165, 1.54) is 43.6 Å². The molecule has 0 aliphatic rings. The fourth-order valence-corrected chi connectivity index (χ4v) is 3.18. The molecule has 192 valence electrons. The molecule has 2 heterocycles. The summed E-state index contributed by atoms with van der Waals surface area (Å²) in [5.74, 6) is -10.9. The maximum atomic E-state index is 13.9. The molecular weight excluding hydrogens is 505 g/mol. The van der Waals surface area contributed by atoms with Gasteiger partial charge in [-0.25, -0.2) is 26.7 Å². The molecule has 0 aliphatic heterocycles. The number of anilines is 1. The maximum Gasteiger partial charge on any atom is 0.337 e. The van der Waals surface area contributed by atoms with Crippen LogP contribution in [-0.4, -0.2) is 28.8 Å². The van der Waals surface area contributed by atoms with Crippen molar-refractivity contribution in [2.45, 2.75) is 13.2 Å². The quantitative estimate of drug-likeness (QED) is 0.154. The van der Waals surface area contributed by atoms with Crippen LogP contribution < -0.4 is 10.1 Å². The summed E-state index contributed by atoms with van der Waals surface area (Å²) in [5.41, 5.74) is -0.727. The van der Waals surface area contributed by atoms with Crippen LogP contribution in [0.2, 0.25) is 0 Å². The lowest BCUT2D eigenvalue weighted by molar-refractivity contribution is 0.0600. The zero-order valence-electron chi connectivity index (χ0n) is 18.9. The normalized spacial score (nSPS) is 10.9. The summed E-state index contributed by atoms with van der Waals surface area (Å²) in [6.45, 7) is -0.800. The number of aromatic nitrogens is 2. The van der Waals surface area contributed by atoms with Crippen molar-refractivity contribution < 1.29 is 45.4 Å². The van der Waals surface area contributed by atoms with Crippen molar-refractivity contribution in [1.29, 1.82) is 0 Å². The lowest BCUT2D eigenvalue weighted by Gasteiger charge is -2.08. The molecule has 13 heteroatoms. The Bertz CT molecular complexity index is 1440. The van der Waals surface area contributed by atoms with E-state index in [2.05, 4.69) is 15.2 Å². The number of esters is 1. The van der Waals surface area contributed by atoms with Gasteiger partial charge in [0, 0.05) is 12.3 Å². The molecule has 0 radical (unpaired) electrons. The first kappa shape index (κ1) is 25.4. The molecule has 0 bridgehead atoms. The number of nitrogens with zero attached hydrogens (tertiary/aromatic N) is 2.